The first-order valence-electron chi connectivity index (χ1n) is 6.36. The summed E-state index contributed by atoms with van der Waals surface area (Å²) in [4.78, 5) is 0. The molecule has 1 atom stereocenters. The largest absolute Gasteiger partial charge is 0.359 e. The first kappa shape index (κ1) is 14.4. The molecule has 2 aromatic rings. The first-order chi connectivity index (χ1) is 9.24. The molecule has 19 heavy (non-hydrogen) atoms. The molecule has 0 fully saturated rings. The highest BCUT2D eigenvalue weighted by atomic mass is 32.2. The van der Waals surface area contributed by atoms with Crippen LogP contribution in [0, 0.1) is 6.26 Å². The lowest BCUT2D eigenvalue weighted by atomic mass is 10.1. The summed E-state index contributed by atoms with van der Waals surface area (Å²) in [6.45, 7) is 1.11. The van der Waals surface area contributed by atoms with E-state index < -0.39 is 0 Å². The molecule has 0 spiro atoms. The summed E-state index contributed by atoms with van der Waals surface area (Å²) in [5.41, 5.74) is 2.65. The smallest absolute Gasteiger partial charge is 0.146 e. The predicted molar refractivity (Wildman–Crippen MR) is 82.1 cm³/mol. The number of aromatic nitrogens is 1. The van der Waals surface area contributed by atoms with Gasteiger partial charge in [0.15, 0.2) is 0 Å². The Hall–Kier alpha value is -0.970. The average Bonchev–Trinajstić information content (AvgIpc) is 2.78. The number of rotatable bonds is 7. The molecule has 3 nitrogen and oxygen atoms in total. The number of nitrogens with zero attached hydrogens (tertiary/aromatic N) is 1. The van der Waals surface area contributed by atoms with E-state index in [2.05, 4.69) is 46.9 Å². The van der Waals surface area contributed by atoms with Crippen LogP contribution in [0.25, 0.3) is 10.9 Å². The maximum Gasteiger partial charge on any atom is 0.146 e. The summed E-state index contributed by atoms with van der Waals surface area (Å²) in [7, 11) is 1.64. The number of fused-ring (bicyclic) bond motifs is 1. The lowest BCUT2D eigenvalue weighted by Gasteiger charge is -2.04. The third kappa shape index (κ3) is 3.53. The Morgan fingerprint density at radius 2 is 2.11 bits per heavy atom. The Balaban J connectivity index is 2.10. The van der Waals surface area contributed by atoms with Crippen LogP contribution in [0.4, 0.5) is 0 Å². The molecule has 0 aliphatic carbocycles. The van der Waals surface area contributed by atoms with Gasteiger partial charge < -0.3 is 9.47 Å². The fourth-order valence-electron chi connectivity index (χ4n) is 2.18. The Morgan fingerprint density at radius 3 is 2.84 bits per heavy atom. The number of aryl methyl sites for hydroxylation is 1. The van der Waals surface area contributed by atoms with Crippen LogP contribution in [0.15, 0.2) is 30.5 Å². The summed E-state index contributed by atoms with van der Waals surface area (Å²) in [6.07, 6.45) is 10.5. The summed E-state index contributed by atoms with van der Waals surface area (Å²) in [6, 6.07) is 8.52. The van der Waals surface area contributed by atoms with Gasteiger partial charge in [-0.2, -0.15) is 0 Å². The van der Waals surface area contributed by atoms with Crippen molar-refractivity contribution in [1.82, 2.24) is 3.97 Å². The summed E-state index contributed by atoms with van der Waals surface area (Å²) >= 11 is -0.0276. The average molecular weight is 279 g/mol. The lowest BCUT2D eigenvalue weighted by Crippen LogP contribution is -2.04. The lowest BCUT2D eigenvalue weighted by molar-refractivity contribution is -0.0309. The van der Waals surface area contributed by atoms with E-state index in [9.17, 15) is 0 Å². The minimum absolute atomic E-state index is 0.0276. The molecule has 0 radical (unpaired) electrons. The Kier molecular flexibility index (Phi) is 5.31. The maximum absolute atomic E-state index is 5.33. The van der Waals surface area contributed by atoms with Gasteiger partial charge in [0.2, 0.25) is 0 Å². The summed E-state index contributed by atoms with van der Waals surface area (Å²) in [5.74, 6) is 0. The van der Waals surface area contributed by atoms with Crippen LogP contribution in [0.1, 0.15) is 12.0 Å². The maximum atomic E-state index is 5.33. The second-order valence-corrected chi connectivity index (χ2v) is 6.11. The topological polar surface area (TPSA) is 23.4 Å². The number of hydrogen-bond acceptors (Lipinski definition) is 2. The van der Waals surface area contributed by atoms with Crippen LogP contribution in [0.3, 0.4) is 0 Å². The van der Waals surface area contributed by atoms with Gasteiger partial charge in [-0.05, 0) is 24.5 Å². The van der Waals surface area contributed by atoms with E-state index in [1.807, 2.05) is 0 Å². The quantitative estimate of drug-likeness (QED) is 0.337. The molecule has 0 bridgehead atoms. The van der Waals surface area contributed by atoms with Crippen molar-refractivity contribution in [3.05, 3.63) is 42.3 Å². The Bertz CT molecular complexity index is 522. The molecule has 104 valence electrons. The van der Waals surface area contributed by atoms with E-state index in [0.29, 0.717) is 6.79 Å². The van der Waals surface area contributed by atoms with E-state index in [4.69, 9.17) is 9.47 Å². The molecule has 1 aromatic heterocycles. The van der Waals surface area contributed by atoms with Crippen LogP contribution in [-0.2, 0) is 27.0 Å². The second-order valence-electron chi connectivity index (χ2n) is 4.52. The third-order valence-electron chi connectivity index (χ3n) is 3.03. The molecule has 0 saturated heterocycles. The van der Waals surface area contributed by atoms with Gasteiger partial charge in [-0.25, -0.2) is 3.97 Å². The second kappa shape index (κ2) is 6.98. The Labute approximate surface area is 118 Å². The molecule has 1 unspecified atom stereocenters. The van der Waals surface area contributed by atoms with Crippen molar-refractivity contribution in [3.8, 4) is 0 Å². The third-order valence-corrected chi connectivity index (χ3v) is 4.01. The SMILES string of the molecule is [CH2-][S+](C)n1cc(CCCOCOC)c2ccccc21. The summed E-state index contributed by atoms with van der Waals surface area (Å²) in [5, 5.41) is 1.33. The van der Waals surface area contributed by atoms with Gasteiger partial charge in [0.1, 0.15) is 6.79 Å². The van der Waals surface area contributed by atoms with E-state index in [-0.39, 0.29) is 11.1 Å². The first-order valence-corrected chi connectivity index (χ1v) is 8.11. The van der Waals surface area contributed by atoms with Gasteiger partial charge in [0, 0.05) is 19.1 Å². The fourth-order valence-corrected chi connectivity index (χ4v) is 2.98. The van der Waals surface area contributed by atoms with E-state index in [0.717, 1.165) is 19.4 Å². The number of benzene rings is 1. The van der Waals surface area contributed by atoms with Crippen molar-refractivity contribution >= 4 is 22.0 Å². The van der Waals surface area contributed by atoms with Gasteiger partial charge in [-0.15, -0.1) is 0 Å². The molecule has 0 saturated carbocycles. The number of para-hydroxylation sites is 1. The van der Waals surface area contributed by atoms with Crippen LogP contribution in [-0.4, -0.2) is 30.7 Å². The molecule has 0 aliphatic rings. The highest BCUT2D eigenvalue weighted by Gasteiger charge is 2.11. The van der Waals surface area contributed by atoms with Gasteiger partial charge in [-0.1, -0.05) is 35.5 Å². The number of methoxy groups -OCH3 is 1. The number of ether oxygens (including phenoxy) is 2. The minimum atomic E-state index is -0.0276. The monoisotopic (exact) mass is 279 g/mol. The Morgan fingerprint density at radius 1 is 1.32 bits per heavy atom. The molecular formula is C15H21NO2S. The van der Waals surface area contributed by atoms with Gasteiger partial charge in [0.05, 0.1) is 18.0 Å². The molecule has 0 amide bonds. The van der Waals surface area contributed by atoms with Crippen LogP contribution in [0.2, 0.25) is 0 Å². The van der Waals surface area contributed by atoms with Crippen molar-refractivity contribution in [2.45, 2.75) is 12.8 Å². The van der Waals surface area contributed by atoms with Crippen LogP contribution >= 0.6 is 0 Å². The predicted octanol–water partition coefficient (Wildman–Crippen LogP) is 3.00. The molecule has 2 rings (SSSR count). The summed E-state index contributed by atoms with van der Waals surface area (Å²) < 4.78 is 12.5. The van der Waals surface area contributed by atoms with Crippen molar-refractivity contribution in [3.63, 3.8) is 0 Å². The van der Waals surface area contributed by atoms with Crippen molar-refractivity contribution < 1.29 is 9.47 Å². The van der Waals surface area contributed by atoms with E-state index in [1.165, 1.54) is 16.5 Å². The van der Waals surface area contributed by atoms with Crippen molar-refractivity contribution in [2.24, 2.45) is 0 Å². The zero-order valence-corrected chi connectivity index (χ0v) is 12.4. The molecule has 0 aliphatic heterocycles. The van der Waals surface area contributed by atoms with E-state index in [1.54, 1.807) is 7.11 Å². The molecular weight excluding hydrogens is 258 g/mol. The zero-order valence-electron chi connectivity index (χ0n) is 11.6. The zero-order chi connectivity index (χ0) is 13.7. The molecule has 0 N–H and O–H groups in total. The standard InChI is InChI=1S/C15H21NO2S/c1-17-12-18-10-6-7-13-11-16(19(2)3)15-9-5-4-8-14(13)15/h4-5,8-9,11H,2,6-7,10,12H2,1,3H3. The number of hydrogen-bond donors (Lipinski definition) is 0. The highest BCUT2D eigenvalue weighted by Crippen LogP contribution is 2.24. The minimum Gasteiger partial charge on any atom is -0.359 e. The van der Waals surface area contributed by atoms with Crippen LogP contribution in [0.5, 0.6) is 0 Å². The molecule has 4 heteroatoms. The molecule has 1 heterocycles. The normalized spacial score (nSPS) is 13.0. The molecule has 1 aromatic carbocycles. The van der Waals surface area contributed by atoms with Crippen molar-refractivity contribution in [2.75, 3.05) is 26.8 Å². The highest BCUT2D eigenvalue weighted by molar-refractivity contribution is 7.96. The van der Waals surface area contributed by atoms with Gasteiger partial charge in [0.25, 0.3) is 0 Å². The fraction of sp³-hybridized carbons (Fsp3) is 0.400. The van der Waals surface area contributed by atoms with Crippen LogP contribution < -0.4 is 0 Å². The van der Waals surface area contributed by atoms with Crippen molar-refractivity contribution in [1.29, 1.82) is 0 Å². The van der Waals surface area contributed by atoms with Gasteiger partial charge >= 0.3 is 0 Å². The van der Waals surface area contributed by atoms with Gasteiger partial charge in [-0.3, -0.25) is 0 Å². The van der Waals surface area contributed by atoms with E-state index >= 15 is 0 Å².